The van der Waals surface area contributed by atoms with Gasteiger partial charge >= 0.3 is 5.97 Å². The van der Waals surface area contributed by atoms with Crippen molar-refractivity contribution in [1.82, 2.24) is 0 Å². The smallest absolute Gasteiger partial charge is 0.315 e. The van der Waals surface area contributed by atoms with Gasteiger partial charge in [-0.25, -0.2) is 4.39 Å². The Labute approximate surface area is 135 Å². The van der Waals surface area contributed by atoms with E-state index in [1.807, 2.05) is 24.3 Å². The third-order valence-electron chi connectivity index (χ3n) is 3.30. The standard InChI is InChI=1S/C18H12BrFO2/c19-15-7-5-13-10-16(8-6-12(13)9-15)22-18(21)11-14-3-1-2-4-17(14)20/h1-10H,11H2. The van der Waals surface area contributed by atoms with Crippen LogP contribution in [0.4, 0.5) is 4.39 Å². The molecule has 0 spiro atoms. The summed E-state index contributed by atoms with van der Waals surface area (Å²) < 4.78 is 19.8. The van der Waals surface area contributed by atoms with Gasteiger partial charge in [-0.05, 0) is 46.7 Å². The second-order valence-electron chi connectivity index (χ2n) is 4.90. The largest absolute Gasteiger partial charge is 0.426 e. The fraction of sp³-hybridized carbons (Fsp3) is 0.0556. The molecule has 0 radical (unpaired) electrons. The van der Waals surface area contributed by atoms with Gasteiger partial charge in [0.2, 0.25) is 0 Å². The van der Waals surface area contributed by atoms with Crippen molar-refractivity contribution in [2.75, 3.05) is 0 Å². The molecule has 0 aromatic heterocycles. The highest BCUT2D eigenvalue weighted by molar-refractivity contribution is 9.10. The summed E-state index contributed by atoms with van der Waals surface area (Å²) in [5.74, 6) is -0.430. The number of halogens is 2. The van der Waals surface area contributed by atoms with E-state index in [-0.39, 0.29) is 6.42 Å². The Kier molecular flexibility index (Phi) is 4.20. The fourth-order valence-corrected chi connectivity index (χ4v) is 2.60. The van der Waals surface area contributed by atoms with Crippen LogP contribution in [0.1, 0.15) is 5.56 Å². The lowest BCUT2D eigenvalue weighted by Crippen LogP contribution is -2.12. The number of ether oxygens (including phenoxy) is 1. The van der Waals surface area contributed by atoms with E-state index < -0.39 is 11.8 Å². The molecule has 22 heavy (non-hydrogen) atoms. The van der Waals surface area contributed by atoms with Crippen molar-refractivity contribution in [3.8, 4) is 5.75 Å². The molecular formula is C18H12BrFO2. The highest BCUT2D eigenvalue weighted by atomic mass is 79.9. The number of hydrogen-bond acceptors (Lipinski definition) is 2. The average Bonchev–Trinajstić information content (AvgIpc) is 2.50. The Morgan fingerprint density at radius 2 is 1.73 bits per heavy atom. The number of esters is 1. The molecule has 0 aliphatic carbocycles. The second kappa shape index (κ2) is 6.28. The number of carbonyl (C=O) groups excluding carboxylic acids is 1. The number of rotatable bonds is 3. The summed E-state index contributed by atoms with van der Waals surface area (Å²) in [5, 5.41) is 2.02. The maximum absolute atomic E-state index is 13.5. The Hall–Kier alpha value is -2.20. The van der Waals surface area contributed by atoms with Crippen molar-refractivity contribution in [3.05, 3.63) is 76.5 Å². The first-order valence-electron chi connectivity index (χ1n) is 6.75. The van der Waals surface area contributed by atoms with Crippen molar-refractivity contribution in [2.45, 2.75) is 6.42 Å². The SMILES string of the molecule is O=C(Cc1ccccc1F)Oc1ccc2cc(Br)ccc2c1. The van der Waals surface area contributed by atoms with E-state index >= 15 is 0 Å². The van der Waals surface area contributed by atoms with Crippen molar-refractivity contribution >= 4 is 32.7 Å². The number of carbonyl (C=O) groups is 1. The molecular weight excluding hydrogens is 347 g/mol. The van der Waals surface area contributed by atoms with Crippen LogP contribution in [0.5, 0.6) is 5.75 Å². The lowest BCUT2D eigenvalue weighted by molar-refractivity contribution is -0.133. The maximum atomic E-state index is 13.5. The fourth-order valence-electron chi connectivity index (χ4n) is 2.22. The van der Waals surface area contributed by atoms with Crippen LogP contribution in [0.15, 0.2) is 65.1 Å². The van der Waals surface area contributed by atoms with E-state index in [1.54, 1.807) is 30.3 Å². The minimum Gasteiger partial charge on any atom is -0.426 e. The van der Waals surface area contributed by atoms with E-state index in [0.717, 1.165) is 15.2 Å². The van der Waals surface area contributed by atoms with Gasteiger partial charge in [0.1, 0.15) is 11.6 Å². The van der Waals surface area contributed by atoms with Crippen LogP contribution in [-0.2, 0) is 11.2 Å². The van der Waals surface area contributed by atoms with Gasteiger partial charge in [0.25, 0.3) is 0 Å². The molecule has 0 heterocycles. The van der Waals surface area contributed by atoms with Crippen LogP contribution in [-0.4, -0.2) is 5.97 Å². The van der Waals surface area contributed by atoms with Gasteiger partial charge in [-0.1, -0.05) is 46.3 Å². The summed E-state index contributed by atoms with van der Waals surface area (Å²) in [6.07, 6.45) is -0.0922. The van der Waals surface area contributed by atoms with Crippen LogP contribution in [0.3, 0.4) is 0 Å². The summed E-state index contributed by atoms with van der Waals surface area (Å²) in [5.41, 5.74) is 0.331. The monoisotopic (exact) mass is 358 g/mol. The maximum Gasteiger partial charge on any atom is 0.315 e. The Bertz CT molecular complexity index is 845. The first-order valence-corrected chi connectivity index (χ1v) is 7.54. The zero-order valence-corrected chi connectivity index (χ0v) is 13.1. The summed E-state index contributed by atoms with van der Waals surface area (Å²) in [6, 6.07) is 17.4. The van der Waals surface area contributed by atoms with Crippen molar-refractivity contribution < 1.29 is 13.9 Å². The topological polar surface area (TPSA) is 26.3 Å². The molecule has 0 bridgehead atoms. The molecule has 110 valence electrons. The molecule has 2 nitrogen and oxygen atoms in total. The molecule has 0 fully saturated rings. The Morgan fingerprint density at radius 1 is 1.00 bits per heavy atom. The normalized spacial score (nSPS) is 10.6. The molecule has 0 aliphatic heterocycles. The lowest BCUT2D eigenvalue weighted by Gasteiger charge is -2.07. The first kappa shape index (κ1) is 14.7. The van der Waals surface area contributed by atoms with Crippen molar-refractivity contribution in [2.24, 2.45) is 0 Å². The van der Waals surface area contributed by atoms with Crippen molar-refractivity contribution in [1.29, 1.82) is 0 Å². The Balaban J connectivity index is 1.76. The second-order valence-corrected chi connectivity index (χ2v) is 5.81. The van der Waals surface area contributed by atoms with Crippen LogP contribution in [0.2, 0.25) is 0 Å². The predicted octanol–water partition coefficient (Wildman–Crippen LogP) is 4.89. The van der Waals surface area contributed by atoms with Crippen LogP contribution in [0.25, 0.3) is 10.8 Å². The number of benzene rings is 3. The first-order chi connectivity index (χ1) is 10.6. The van der Waals surface area contributed by atoms with Gasteiger partial charge in [-0.15, -0.1) is 0 Å². The third-order valence-corrected chi connectivity index (χ3v) is 3.79. The van der Waals surface area contributed by atoms with Crippen LogP contribution in [0, 0.1) is 5.82 Å². The van der Waals surface area contributed by atoms with Crippen LogP contribution < -0.4 is 4.74 Å². The lowest BCUT2D eigenvalue weighted by atomic mass is 10.1. The number of hydrogen-bond donors (Lipinski definition) is 0. The molecule has 3 aromatic carbocycles. The molecule has 0 saturated heterocycles. The molecule has 3 aromatic rings. The van der Waals surface area contributed by atoms with E-state index in [9.17, 15) is 9.18 Å². The van der Waals surface area contributed by atoms with E-state index in [1.165, 1.54) is 6.07 Å². The van der Waals surface area contributed by atoms with E-state index in [2.05, 4.69) is 15.9 Å². The zero-order chi connectivity index (χ0) is 15.5. The summed E-state index contributed by atoms with van der Waals surface area (Å²) in [4.78, 5) is 11.9. The minimum absolute atomic E-state index is 0.0922. The third kappa shape index (κ3) is 3.34. The predicted molar refractivity (Wildman–Crippen MR) is 87.4 cm³/mol. The van der Waals surface area contributed by atoms with E-state index in [0.29, 0.717) is 11.3 Å². The molecule has 4 heteroatoms. The minimum atomic E-state index is -0.485. The highest BCUT2D eigenvalue weighted by Crippen LogP contribution is 2.24. The highest BCUT2D eigenvalue weighted by Gasteiger charge is 2.10. The van der Waals surface area contributed by atoms with Gasteiger partial charge in [0, 0.05) is 4.47 Å². The molecule has 0 aliphatic rings. The Morgan fingerprint density at radius 3 is 2.55 bits per heavy atom. The van der Waals surface area contributed by atoms with Crippen LogP contribution >= 0.6 is 15.9 Å². The summed E-state index contributed by atoms with van der Waals surface area (Å²) >= 11 is 3.41. The molecule has 0 atom stereocenters. The quantitative estimate of drug-likeness (QED) is 0.492. The summed E-state index contributed by atoms with van der Waals surface area (Å²) in [7, 11) is 0. The van der Waals surface area contributed by atoms with Crippen molar-refractivity contribution in [3.63, 3.8) is 0 Å². The van der Waals surface area contributed by atoms with Gasteiger partial charge in [0.05, 0.1) is 6.42 Å². The summed E-state index contributed by atoms with van der Waals surface area (Å²) in [6.45, 7) is 0. The van der Waals surface area contributed by atoms with Gasteiger partial charge < -0.3 is 4.74 Å². The van der Waals surface area contributed by atoms with Gasteiger partial charge in [-0.3, -0.25) is 4.79 Å². The molecule has 0 saturated carbocycles. The average molecular weight is 359 g/mol. The molecule has 0 unspecified atom stereocenters. The molecule has 0 amide bonds. The zero-order valence-electron chi connectivity index (χ0n) is 11.6. The van der Waals surface area contributed by atoms with Gasteiger partial charge in [0.15, 0.2) is 0 Å². The molecule has 0 N–H and O–H groups in total. The number of fused-ring (bicyclic) bond motifs is 1. The molecule has 3 rings (SSSR count). The van der Waals surface area contributed by atoms with E-state index in [4.69, 9.17) is 4.74 Å². The van der Waals surface area contributed by atoms with Gasteiger partial charge in [-0.2, -0.15) is 0 Å².